The molecule has 0 spiro atoms. The highest BCUT2D eigenvalue weighted by Crippen LogP contribution is 2.41. The van der Waals surface area contributed by atoms with Crippen LogP contribution in [0.25, 0.3) is 0 Å². The van der Waals surface area contributed by atoms with Crippen LogP contribution in [0.3, 0.4) is 0 Å². The molecule has 3 heteroatoms. The highest BCUT2D eigenvalue weighted by atomic mass is 16.3. The van der Waals surface area contributed by atoms with Crippen LogP contribution in [-0.2, 0) is 4.79 Å². The zero-order chi connectivity index (χ0) is 14.8. The molecule has 0 aromatic heterocycles. The maximum atomic E-state index is 12.7. The molecule has 2 fully saturated rings. The summed E-state index contributed by atoms with van der Waals surface area (Å²) in [5.41, 5.74) is -0.262. The molecule has 0 saturated heterocycles. The summed E-state index contributed by atoms with van der Waals surface area (Å²) in [6.45, 7) is 6.73. The van der Waals surface area contributed by atoms with Gasteiger partial charge in [0.1, 0.15) is 0 Å². The van der Waals surface area contributed by atoms with Crippen LogP contribution in [-0.4, -0.2) is 23.2 Å². The minimum Gasteiger partial charge on any atom is -0.394 e. The standard InChI is InChI=1S/C17H31NO2/c1-13-7-6-10-17(11-13,12-19)18-15(20)14-8-4-5-9-16(14,2)3/h13-14,19H,4-12H2,1-3H3,(H,18,20). The van der Waals surface area contributed by atoms with E-state index in [0.29, 0.717) is 5.92 Å². The first-order chi connectivity index (χ1) is 9.38. The zero-order valence-corrected chi connectivity index (χ0v) is 13.4. The summed E-state index contributed by atoms with van der Waals surface area (Å²) >= 11 is 0. The molecule has 2 aliphatic rings. The highest BCUT2D eigenvalue weighted by molar-refractivity contribution is 5.80. The Morgan fingerprint density at radius 3 is 2.55 bits per heavy atom. The van der Waals surface area contributed by atoms with Crippen molar-refractivity contribution in [2.45, 2.75) is 77.7 Å². The lowest BCUT2D eigenvalue weighted by Crippen LogP contribution is -2.57. The van der Waals surface area contributed by atoms with Crippen LogP contribution in [0.1, 0.15) is 72.1 Å². The second kappa shape index (κ2) is 6.05. The number of carbonyl (C=O) groups excluding carboxylic acids is 1. The number of nitrogens with one attached hydrogen (secondary N) is 1. The summed E-state index contributed by atoms with van der Waals surface area (Å²) in [5, 5.41) is 13.1. The van der Waals surface area contributed by atoms with Crippen molar-refractivity contribution < 1.29 is 9.90 Å². The number of aliphatic hydroxyl groups excluding tert-OH is 1. The van der Waals surface area contributed by atoms with Gasteiger partial charge in [-0.2, -0.15) is 0 Å². The lowest BCUT2D eigenvalue weighted by Gasteiger charge is -2.43. The molecule has 3 unspecified atom stereocenters. The summed E-state index contributed by atoms with van der Waals surface area (Å²) in [6.07, 6.45) is 8.68. The molecule has 116 valence electrons. The molecule has 20 heavy (non-hydrogen) atoms. The van der Waals surface area contributed by atoms with Crippen molar-refractivity contribution in [1.82, 2.24) is 5.32 Å². The fourth-order valence-corrected chi connectivity index (χ4v) is 4.29. The number of hydrogen-bond donors (Lipinski definition) is 2. The lowest BCUT2D eigenvalue weighted by atomic mass is 9.68. The average Bonchev–Trinajstić information content (AvgIpc) is 2.38. The van der Waals surface area contributed by atoms with E-state index in [4.69, 9.17) is 0 Å². The third kappa shape index (κ3) is 3.36. The maximum absolute atomic E-state index is 12.7. The van der Waals surface area contributed by atoms with Crippen molar-refractivity contribution in [1.29, 1.82) is 0 Å². The van der Waals surface area contributed by atoms with Gasteiger partial charge in [0.15, 0.2) is 0 Å². The Balaban J connectivity index is 2.05. The van der Waals surface area contributed by atoms with E-state index < -0.39 is 0 Å². The second-order valence-corrected chi connectivity index (χ2v) is 7.92. The SMILES string of the molecule is CC1CCCC(CO)(NC(=O)C2CCCCC2(C)C)C1. The van der Waals surface area contributed by atoms with E-state index in [1.165, 1.54) is 12.8 Å². The first-order valence-electron chi connectivity index (χ1n) is 8.31. The lowest BCUT2D eigenvalue weighted by molar-refractivity contribution is -0.133. The predicted molar refractivity (Wildman–Crippen MR) is 81.3 cm³/mol. The molecular formula is C17H31NO2. The Hall–Kier alpha value is -0.570. The quantitative estimate of drug-likeness (QED) is 0.834. The van der Waals surface area contributed by atoms with Gasteiger partial charge in [-0.25, -0.2) is 0 Å². The molecular weight excluding hydrogens is 250 g/mol. The van der Waals surface area contributed by atoms with Crippen molar-refractivity contribution in [3.8, 4) is 0 Å². The summed E-state index contributed by atoms with van der Waals surface area (Å²) in [4.78, 5) is 12.7. The Kier molecular flexibility index (Phi) is 4.78. The van der Waals surface area contributed by atoms with Crippen LogP contribution >= 0.6 is 0 Å². The number of carbonyl (C=O) groups is 1. The van der Waals surface area contributed by atoms with Crippen LogP contribution in [0.4, 0.5) is 0 Å². The van der Waals surface area contributed by atoms with E-state index in [1.807, 2.05) is 0 Å². The van der Waals surface area contributed by atoms with Gasteiger partial charge in [0.05, 0.1) is 12.1 Å². The molecule has 2 N–H and O–H groups in total. The van der Waals surface area contributed by atoms with Crippen molar-refractivity contribution in [2.75, 3.05) is 6.61 Å². The van der Waals surface area contributed by atoms with Gasteiger partial charge in [0, 0.05) is 5.92 Å². The fourth-order valence-electron chi connectivity index (χ4n) is 4.29. The molecule has 0 aromatic carbocycles. The van der Waals surface area contributed by atoms with Crippen molar-refractivity contribution in [3.05, 3.63) is 0 Å². The van der Waals surface area contributed by atoms with Gasteiger partial charge in [-0.1, -0.05) is 46.5 Å². The van der Waals surface area contributed by atoms with Crippen LogP contribution in [0.2, 0.25) is 0 Å². The van der Waals surface area contributed by atoms with E-state index in [1.54, 1.807) is 0 Å². The van der Waals surface area contributed by atoms with Gasteiger partial charge in [-0.3, -0.25) is 4.79 Å². The van der Waals surface area contributed by atoms with E-state index in [0.717, 1.165) is 38.5 Å². The monoisotopic (exact) mass is 281 g/mol. The summed E-state index contributed by atoms with van der Waals surface area (Å²) < 4.78 is 0. The molecule has 2 saturated carbocycles. The highest BCUT2D eigenvalue weighted by Gasteiger charge is 2.42. The molecule has 1 amide bonds. The number of hydrogen-bond acceptors (Lipinski definition) is 2. The van der Waals surface area contributed by atoms with Gasteiger partial charge in [0.2, 0.25) is 5.91 Å². The number of amides is 1. The van der Waals surface area contributed by atoms with E-state index in [2.05, 4.69) is 26.1 Å². The predicted octanol–water partition coefficient (Wildman–Crippen LogP) is 3.26. The van der Waals surface area contributed by atoms with Crippen molar-refractivity contribution in [2.24, 2.45) is 17.3 Å². The van der Waals surface area contributed by atoms with Gasteiger partial charge < -0.3 is 10.4 Å². The van der Waals surface area contributed by atoms with Gasteiger partial charge in [0.25, 0.3) is 0 Å². The van der Waals surface area contributed by atoms with E-state index >= 15 is 0 Å². The Labute approximate surface area is 123 Å². The molecule has 0 heterocycles. The summed E-state index contributed by atoms with van der Waals surface area (Å²) in [6, 6.07) is 0. The van der Waals surface area contributed by atoms with Crippen LogP contribution in [0, 0.1) is 17.3 Å². The third-order valence-electron chi connectivity index (χ3n) is 5.61. The average molecular weight is 281 g/mol. The minimum absolute atomic E-state index is 0.0796. The Morgan fingerprint density at radius 2 is 1.95 bits per heavy atom. The number of rotatable bonds is 3. The smallest absolute Gasteiger partial charge is 0.224 e. The van der Waals surface area contributed by atoms with Gasteiger partial charge >= 0.3 is 0 Å². The zero-order valence-electron chi connectivity index (χ0n) is 13.4. The van der Waals surface area contributed by atoms with Gasteiger partial charge in [-0.05, 0) is 37.0 Å². The van der Waals surface area contributed by atoms with E-state index in [-0.39, 0.29) is 29.4 Å². The van der Waals surface area contributed by atoms with Crippen molar-refractivity contribution >= 4 is 5.91 Å². The van der Waals surface area contributed by atoms with Crippen LogP contribution in [0.15, 0.2) is 0 Å². The molecule has 2 aliphatic carbocycles. The normalized spacial score (nSPS) is 37.4. The fraction of sp³-hybridized carbons (Fsp3) is 0.941. The number of aliphatic hydroxyl groups is 1. The first-order valence-corrected chi connectivity index (χ1v) is 8.31. The van der Waals surface area contributed by atoms with Crippen LogP contribution in [0.5, 0.6) is 0 Å². The van der Waals surface area contributed by atoms with E-state index in [9.17, 15) is 9.90 Å². The summed E-state index contributed by atoms with van der Waals surface area (Å²) in [5.74, 6) is 0.880. The molecule has 3 nitrogen and oxygen atoms in total. The molecule has 0 aliphatic heterocycles. The molecule has 0 radical (unpaired) electrons. The molecule has 0 bridgehead atoms. The summed E-state index contributed by atoms with van der Waals surface area (Å²) in [7, 11) is 0. The maximum Gasteiger partial charge on any atom is 0.224 e. The molecule has 3 atom stereocenters. The Bertz CT molecular complexity index is 353. The van der Waals surface area contributed by atoms with Gasteiger partial charge in [-0.15, -0.1) is 0 Å². The largest absolute Gasteiger partial charge is 0.394 e. The van der Waals surface area contributed by atoms with Crippen molar-refractivity contribution in [3.63, 3.8) is 0 Å². The topological polar surface area (TPSA) is 49.3 Å². The Morgan fingerprint density at radius 1 is 1.20 bits per heavy atom. The van der Waals surface area contributed by atoms with Crippen LogP contribution < -0.4 is 5.32 Å². The second-order valence-electron chi connectivity index (χ2n) is 7.92. The molecule has 2 rings (SSSR count). The minimum atomic E-state index is -0.359. The third-order valence-corrected chi connectivity index (χ3v) is 5.61. The molecule has 0 aromatic rings. The first kappa shape index (κ1) is 15.8.